The Kier molecular flexibility index (Phi) is 3.08. The third-order valence-electron chi connectivity index (χ3n) is 2.66. The second kappa shape index (κ2) is 4.51. The largest absolute Gasteiger partial charge is 0.477 e. The lowest BCUT2D eigenvalue weighted by atomic mass is 10.3. The van der Waals surface area contributed by atoms with Crippen molar-refractivity contribution >= 4 is 5.82 Å². The molecule has 0 aromatic carbocycles. The van der Waals surface area contributed by atoms with Gasteiger partial charge in [-0.05, 0) is 26.2 Å². The molecule has 16 heavy (non-hydrogen) atoms. The first-order valence-corrected chi connectivity index (χ1v) is 5.60. The standard InChI is InChI=1S/C12H17N3O/c1-3-4-7-16-12-8(2)10(13)14-11(15-12)9-5-6-9/h3,9H,1,4-7H2,2H3,(H2,13,14,15). The predicted octanol–water partition coefficient (Wildman–Crippen LogP) is 2.20. The summed E-state index contributed by atoms with van der Waals surface area (Å²) in [6, 6.07) is 0. The molecule has 2 N–H and O–H groups in total. The Morgan fingerprint density at radius 2 is 2.25 bits per heavy atom. The Morgan fingerprint density at radius 3 is 2.88 bits per heavy atom. The summed E-state index contributed by atoms with van der Waals surface area (Å²) in [5.41, 5.74) is 6.67. The zero-order valence-corrected chi connectivity index (χ0v) is 9.57. The van der Waals surface area contributed by atoms with E-state index in [1.165, 1.54) is 0 Å². The van der Waals surface area contributed by atoms with Gasteiger partial charge in [0.1, 0.15) is 11.6 Å². The summed E-state index contributed by atoms with van der Waals surface area (Å²) in [4.78, 5) is 8.71. The van der Waals surface area contributed by atoms with E-state index in [9.17, 15) is 0 Å². The zero-order chi connectivity index (χ0) is 11.5. The smallest absolute Gasteiger partial charge is 0.221 e. The van der Waals surface area contributed by atoms with Crippen LogP contribution in [0.5, 0.6) is 5.88 Å². The van der Waals surface area contributed by atoms with Crippen molar-refractivity contribution in [1.82, 2.24) is 9.97 Å². The molecule has 0 amide bonds. The number of hydrogen-bond acceptors (Lipinski definition) is 4. The lowest BCUT2D eigenvalue weighted by Crippen LogP contribution is -2.07. The Labute approximate surface area is 95.5 Å². The zero-order valence-electron chi connectivity index (χ0n) is 9.57. The molecule has 0 radical (unpaired) electrons. The van der Waals surface area contributed by atoms with Crippen LogP contribution in [0.15, 0.2) is 12.7 Å². The molecule has 1 saturated carbocycles. The van der Waals surface area contributed by atoms with Crippen molar-refractivity contribution in [3.05, 3.63) is 24.0 Å². The van der Waals surface area contributed by atoms with Crippen molar-refractivity contribution in [2.24, 2.45) is 0 Å². The van der Waals surface area contributed by atoms with Crippen molar-refractivity contribution in [2.75, 3.05) is 12.3 Å². The lowest BCUT2D eigenvalue weighted by molar-refractivity contribution is 0.308. The van der Waals surface area contributed by atoms with E-state index in [4.69, 9.17) is 10.5 Å². The third-order valence-corrected chi connectivity index (χ3v) is 2.66. The Balaban J connectivity index is 2.17. The molecule has 2 rings (SSSR count). The van der Waals surface area contributed by atoms with Gasteiger partial charge in [0.25, 0.3) is 0 Å². The summed E-state index contributed by atoms with van der Waals surface area (Å²) in [7, 11) is 0. The van der Waals surface area contributed by atoms with Crippen molar-refractivity contribution in [2.45, 2.75) is 32.1 Å². The average molecular weight is 219 g/mol. The van der Waals surface area contributed by atoms with Crippen LogP contribution in [0.1, 0.15) is 36.6 Å². The number of ether oxygens (including phenoxy) is 1. The van der Waals surface area contributed by atoms with Crippen LogP contribution in [0.3, 0.4) is 0 Å². The van der Waals surface area contributed by atoms with Gasteiger partial charge >= 0.3 is 0 Å². The highest BCUT2D eigenvalue weighted by atomic mass is 16.5. The minimum absolute atomic E-state index is 0.490. The maximum absolute atomic E-state index is 5.84. The maximum atomic E-state index is 5.84. The van der Waals surface area contributed by atoms with Gasteiger partial charge in [0.2, 0.25) is 5.88 Å². The van der Waals surface area contributed by atoms with E-state index in [2.05, 4.69) is 16.5 Å². The van der Waals surface area contributed by atoms with Gasteiger partial charge in [0, 0.05) is 5.92 Å². The summed E-state index contributed by atoms with van der Waals surface area (Å²) < 4.78 is 5.57. The normalized spacial score (nSPS) is 14.8. The molecule has 0 aliphatic heterocycles. The molecule has 1 heterocycles. The number of nitrogen functional groups attached to an aromatic ring is 1. The summed E-state index contributed by atoms with van der Waals surface area (Å²) in [6.45, 7) is 6.12. The first-order valence-electron chi connectivity index (χ1n) is 5.60. The number of hydrogen-bond donors (Lipinski definition) is 1. The topological polar surface area (TPSA) is 61.0 Å². The lowest BCUT2D eigenvalue weighted by Gasteiger charge is -2.10. The van der Waals surface area contributed by atoms with Crippen LogP contribution >= 0.6 is 0 Å². The van der Waals surface area contributed by atoms with Crippen LogP contribution in [-0.4, -0.2) is 16.6 Å². The van der Waals surface area contributed by atoms with E-state index in [-0.39, 0.29) is 0 Å². The molecule has 0 saturated heterocycles. The summed E-state index contributed by atoms with van der Waals surface area (Å²) in [5.74, 6) is 2.48. The average Bonchev–Trinajstić information content (AvgIpc) is 3.08. The van der Waals surface area contributed by atoms with Crippen molar-refractivity contribution < 1.29 is 4.74 Å². The molecule has 0 spiro atoms. The molecule has 0 unspecified atom stereocenters. The van der Waals surface area contributed by atoms with Crippen molar-refractivity contribution in [3.8, 4) is 5.88 Å². The van der Waals surface area contributed by atoms with Gasteiger partial charge < -0.3 is 10.5 Å². The molecular weight excluding hydrogens is 202 g/mol. The van der Waals surface area contributed by atoms with Gasteiger partial charge in [-0.25, -0.2) is 4.98 Å². The molecule has 1 fully saturated rings. The highest BCUT2D eigenvalue weighted by molar-refractivity contribution is 5.45. The second-order valence-corrected chi connectivity index (χ2v) is 4.10. The molecule has 0 bridgehead atoms. The molecular formula is C12H17N3O. The quantitative estimate of drug-likeness (QED) is 0.609. The van der Waals surface area contributed by atoms with E-state index >= 15 is 0 Å². The van der Waals surface area contributed by atoms with Crippen molar-refractivity contribution in [1.29, 1.82) is 0 Å². The molecule has 1 aromatic rings. The fourth-order valence-electron chi connectivity index (χ4n) is 1.43. The second-order valence-electron chi connectivity index (χ2n) is 4.10. The van der Waals surface area contributed by atoms with Gasteiger partial charge in [0.15, 0.2) is 0 Å². The number of aromatic nitrogens is 2. The van der Waals surface area contributed by atoms with Crippen LogP contribution < -0.4 is 10.5 Å². The summed E-state index contributed by atoms with van der Waals surface area (Å²) >= 11 is 0. The predicted molar refractivity (Wildman–Crippen MR) is 63.5 cm³/mol. The van der Waals surface area contributed by atoms with Gasteiger partial charge in [0.05, 0.1) is 12.2 Å². The van der Waals surface area contributed by atoms with Crippen LogP contribution in [-0.2, 0) is 0 Å². The van der Waals surface area contributed by atoms with E-state index in [1.54, 1.807) is 0 Å². The molecule has 4 nitrogen and oxygen atoms in total. The summed E-state index contributed by atoms with van der Waals surface area (Å²) in [5, 5.41) is 0. The van der Waals surface area contributed by atoms with Gasteiger partial charge in [-0.15, -0.1) is 6.58 Å². The van der Waals surface area contributed by atoms with Gasteiger partial charge in [-0.2, -0.15) is 4.98 Å². The van der Waals surface area contributed by atoms with Crippen LogP contribution in [0.25, 0.3) is 0 Å². The van der Waals surface area contributed by atoms with E-state index < -0.39 is 0 Å². The fraction of sp³-hybridized carbons (Fsp3) is 0.500. The Bertz CT molecular complexity index is 399. The monoisotopic (exact) mass is 219 g/mol. The first kappa shape index (κ1) is 10.9. The van der Waals surface area contributed by atoms with Gasteiger partial charge in [-0.1, -0.05) is 6.08 Å². The molecule has 4 heteroatoms. The van der Waals surface area contributed by atoms with Crippen LogP contribution in [0.2, 0.25) is 0 Å². The molecule has 86 valence electrons. The highest BCUT2D eigenvalue weighted by Crippen LogP contribution is 2.39. The fourth-order valence-corrected chi connectivity index (χ4v) is 1.43. The SMILES string of the molecule is C=CCCOc1nc(C2CC2)nc(N)c1C. The maximum Gasteiger partial charge on any atom is 0.221 e. The molecule has 1 aliphatic rings. The van der Waals surface area contributed by atoms with Gasteiger partial charge in [-0.3, -0.25) is 0 Å². The number of nitrogens with two attached hydrogens (primary N) is 1. The minimum atomic E-state index is 0.490. The van der Waals surface area contributed by atoms with E-state index in [1.807, 2.05) is 13.0 Å². The highest BCUT2D eigenvalue weighted by Gasteiger charge is 2.28. The summed E-state index contributed by atoms with van der Waals surface area (Å²) in [6.07, 6.45) is 4.95. The van der Waals surface area contributed by atoms with E-state index in [0.29, 0.717) is 24.2 Å². The number of nitrogens with zero attached hydrogens (tertiary/aromatic N) is 2. The van der Waals surface area contributed by atoms with E-state index in [0.717, 1.165) is 30.7 Å². The molecule has 0 atom stereocenters. The minimum Gasteiger partial charge on any atom is -0.477 e. The van der Waals surface area contributed by atoms with Crippen molar-refractivity contribution in [3.63, 3.8) is 0 Å². The Morgan fingerprint density at radius 1 is 1.50 bits per heavy atom. The third kappa shape index (κ3) is 2.32. The Hall–Kier alpha value is -1.58. The number of rotatable bonds is 5. The van der Waals surface area contributed by atoms with Crippen LogP contribution in [0, 0.1) is 6.92 Å². The van der Waals surface area contributed by atoms with Crippen LogP contribution in [0.4, 0.5) is 5.82 Å². The molecule has 1 aliphatic carbocycles. The number of anilines is 1. The molecule has 1 aromatic heterocycles. The first-order chi connectivity index (χ1) is 7.72.